The zero-order chi connectivity index (χ0) is 32.1. The zero-order valence-corrected chi connectivity index (χ0v) is 26.4. The average molecular weight is 675 g/mol. The van der Waals surface area contributed by atoms with Crippen LogP contribution >= 0.6 is 21.6 Å². The van der Waals surface area contributed by atoms with Crippen molar-refractivity contribution in [1.82, 2.24) is 0 Å². The summed E-state index contributed by atoms with van der Waals surface area (Å²) in [5.41, 5.74) is 0.990. The van der Waals surface area contributed by atoms with Gasteiger partial charge in [-0.3, -0.25) is 9.59 Å². The first-order chi connectivity index (χ1) is 20.8. The van der Waals surface area contributed by atoms with Crippen molar-refractivity contribution in [2.75, 3.05) is 24.9 Å². The molecule has 16 heteroatoms. The summed E-state index contributed by atoms with van der Waals surface area (Å²) in [6.07, 6.45) is 0. The van der Waals surface area contributed by atoms with Crippen molar-refractivity contribution in [1.29, 1.82) is 0 Å². The van der Waals surface area contributed by atoms with E-state index in [0.29, 0.717) is 11.4 Å². The van der Waals surface area contributed by atoms with E-state index in [1.807, 2.05) is 0 Å². The molecule has 0 aliphatic heterocycles. The molecule has 2 amide bonds. The molecule has 44 heavy (non-hydrogen) atoms. The van der Waals surface area contributed by atoms with Crippen LogP contribution in [-0.2, 0) is 20.0 Å². The van der Waals surface area contributed by atoms with Crippen molar-refractivity contribution < 1.29 is 35.9 Å². The second kappa shape index (κ2) is 13.7. The van der Waals surface area contributed by atoms with Gasteiger partial charge in [-0.25, -0.2) is 27.1 Å². The number of benzene rings is 4. The Morgan fingerprint density at radius 3 is 1.25 bits per heavy atom. The number of nitrogens with two attached hydrogens (primary N) is 2. The Balaban J connectivity index is 1.81. The Morgan fingerprint density at radius 2 is 0.955 bits per heavy atom. The summed E-state index contributed by atoms with van der Waals surface area (Å²) in [6, 6.07) is 21.9. The molecule has 4 aromatic carbocycles. The van der Waals surface area contributed by atoms with E-state index in [4.69, 9.17) is 19.8 Å². The Morgan fingerprint density at radius 1 is 0.614 bits per heavy atom. The van der Waals surface area contributed by atoms with E-state index in [1.54, 1.807) is 60.7 Å². The van der Waals surface area contributed by atoms with Crippen molar-refractivity contribution in [3.63, 3.8) is 0 Å². The maximum atomic E-state index is 13.4. The van der Waals surface area contributed by atoms with Crippen LogP contribution in [0.25, 0.3) is 0 Å². The van der Waals surface area contributed by atoms with E-state index in [9.17, 15) is 26.4 Å². The molecule has 0 spiro atoms. The molecule has 6 N–H and O–H groups in total. The van der Waals surface area contributed by atoms with Gasteiger partial charge in [0.05, 0.1) is 25.3 Å². The molecule has 4 rings (SSSR count). The van der Waals surface area contributed by atoms with Crippen molar-refractivity contribution in [3.8, 4) is 11.5 Å². The van der Waals surface area contributed by atoms with Crippen molar-refractivity contribution in [2.24, 2.45) is 10.3 Å². The smallest absolute Gasteiger partial charge is 0.256 e. The first-order valence-corrected chi connectivity index (χ1v) is 17.6. The van der Waals surface area contributed by atoms with Crippen LogP contribution in [0.1, 0.15) is 20.7 Å². The molecule has 0 saturated heterocycles. The van der Waals surface area contributed by atoms with E-state index in [2.05, 4.69) is 10.6 Å². The van der Waals surface area contributed by atoms with Crippen LogP contribution < -0.4 is 30.4 Å². The monoisotopic (exact) mass is 674 g/mol. The third kappa shape index (κ3) is 7.90. The molecule has 0 bridgehead atoms. The summed E-state index contributed by atoms with van der Waals surface area (Å²) in [5, 5.41) is 16.3. The minimum atomic E-state index is -4.30. The zero-order valence-electron chi connectivity index (χ0n) is 23.1. The number of hydrogen-bond acceptors (Lipinski definition) is 10. The molecule has 0 aliphatic rings. The number of primary sulfonamides is 2. The van der Waals surface area contributed by atoms with Crippen LogP contribution in [0.2, 0.25) is 0 Å². The molecule has 0 atom stereocenters. The molecule has 230 valence electrons. The van der Waals surface area contributed by atoms with Crippen LogP contribution in [0.15, 0.2) is 105 Å². The molecule has 0 radical (unpaired) electrons. The van der Waals surface area contributed by atoms with Gasteiger partial charge in [-0.05, 0) is 48.5 Å². The van der Waals surface area contributed by atoms with E-state index in [-0.39, 0.29) is 42.2 Å². The van der Waals surface area contributed by atoms with E-state index >= 15 is 0 Å². The molecule has 0 aromatic heterocycles. The molecular formula is C28H26N4O8S4. The highest BCUT2D eigenvalue weighted by Gasteiger charge is 2.26. The third-order valence-corrected chi connectivity index (χ3v) is 10.2. The minimum absolute atomic E-state index is 0.0195. The maximum Gasteiger partial charge on any atom is 0.256 e. The number of anilines is 2. The molecule has 0 heterocycles. The molecule has 0 fully saturated rings. The molecule has 0 unspecified atom stereocenters. The highest BCUT2D eigenvalue weighted by Crippen LogP contribution is 2.45. The lowest BCUT2D eigenvalue weighted by Crippen LogP contribution is -2.17. The number of ether oxygens (including phenoxy) is 2. The van der Waals surface area contributed by atoms with Gasteiger partial charge >= 0.3 is 0 Å². The van der Waals surface area contributed by atoms with E-state index in [1.165, 1.54) is 38.5 Å². The predicted octanol–water partition coefficient (Wildman–Crippen LogP) is 4.30. The van der Waals surface area contributed by atoms with Gasteiger partial charge in [0.15, 0.2) is 0 Å². The lowest BCUT2D eigenvalue weighted by molar-refractivity contribution is 0.101. The largest absolute Gasteiger partial charge is 0.495 e. The van der Waals surface area contributed by atoms with Crippen molar-refractivity contribution in [3.05, 3.63) is 96.1 Å². The fraction of sp³-hybridized carbons (Fsp3) is 0.0714. The van der Waals surface area contributed by atoms with Gasteiger partial charge in [0.2, 0.25) is 20.0 Å². The minimum Gasteiger partial charge on any atom is -0.495 e. The quantitative estimate of drug-likeness (QED) is 0.166. The number of carbonyl (C=O) groups excluding carboxylic acids is 2. The normalized spacial score (nSPS) is 11.5. The number of para-hydroxylation sites is 2. The second-order valence-electron chi connectivity index (χ2n) is 8.90. The summed E-state index contributed by atoms with van der Waals surface area (Å²) in [4.78, 5) is 26.2. The number of nitrogens with one attached hydrogen (secondary N) is 2. The summed E-state index contributed by atoms with van der Waals surface area (Å²) < 4.78 is 60.0. The van der Waals surface area contributed by atoms with Gasteiger partial charge in [0.1, 0.15) is 21.3 Å². The van der Waals surface area contributed by atoms with Gasteiger partial charge in [-0.15, -0.1) is 0 Å². The standard InChI is InChI=1S/C28H26N4O8S4/c1-39-21-13-19(27(33)31-17-9-5-3-6-10-17)23(15-25(21)43(29,35)36)41-42-24-16-26(44(30,37)38)22(40-2)14-20(24)28(34)32-18-11-7-4-8-12-18/h3-16H,1-2H3,(H,31,33)(H,32,34)(H2,29,35,36)(H2,30,37,38). The van der Waals surface area contributed by atoms with Gasteiger partial charge in [0, 0.05) is 21.2 Å². The third-order valence-electron chi connectivity index (χ3n) is 5.92. The summed E-state index contributed by atoms with van der Waals surface area (Å²) in [7, 11) is -4.37. The van der Waals surface area contributed by atoms with Gasteiger partial charge in [0.25, 0.3) is 11.8 Å². The fourth-order valence-corrected chi connectivity index (χ4v) is 7.79. The van der Waals surface area contributed by atoms with Crippen LogP contribution in [-0.4, -0.2) is 42.9 Å². The summed E-state index contributed by atoms with van der Waals surface area (Å²) >= 11 is 0. The molecular weight excluding hydrogens is 649 g/mol. The van der Waals surface area contributed by atoms with E-state index < -0.39 is 31.9 Å². The highest BCUT2D eigenvalue weighted by molar-refractivity contribution is 8.76. The first-order valence-electron chi connectivity index (χ1n) is 12.4. The average Bonchev–Trinajstić information content (AvgIpc) is 2.99. The molecule has 12 nitrogen and oxygen atoms in total. The summed E-state index contributed by atoms with van der Waals surface area (Å²) in [6.45, 7) is 0. The Hall–Kier alpha value is -4.06. The number of amides is 2. The number of hydrogen-bond donors (Lipinski definition) is 4. The molecule has 0 saturated carbocycles. The maximum absolute atomic E-state index is 13.4. The van der Waals surface area contributed by atoms with E-state index in [0.717, 1.165) is 21.6 Å². The first kappa shape index (κ1) is 32.8. The second-order valence-corrected chi connectivity index (χ2v) is 14.2. The van der Waals surface area contributed by atoms with Gasteiger partial charge in [-0.1, -0.05) is 58.0 Å². The number of carbonyl (C=O) groups is 2. The molecule has 4 aromatic rings. The van der Waals surface area contributed by atoms with Crippen LogP contribution in [0, 0.1) is 0 Å². The predicted molar refractivity (Wildman–Crippen MR) is 169 cm³/mol. The van der Waals surface area contributed by atoms with Crippen LogP contribution in [0.3, 0.4) is 0 Å². The van der Waals surface area contributed by atoms with Crippen LogP contribution in [0.4, 0.5) is 11.4 Å². The number of rotatable bonds is 11. The van der Waals surface area contributed by atoms with Crippen molar-refractivity contribution >= 4 is 64.8 Å². The number of methoxy groups -OCH3 is 2. The lowest BCUT2D eigenvalue weighted by Gasteiger charge is -2.16. The Labute approximate surface area is 262 Å². The fourth-order valence-electron chi connectivity index (χ4n) is 3.87. The number of sulfonamides is 2. The molecule has 0 aliphatic carbocycles. The SMILES string of the molecule is COc1cc(C(=O)Nc2ccccc2)c(SSc2cc(S(N)(=O)=O)c(OC)cc2C(=O)Nc2ccccc2)cc1S(N)(=O)=O. The van der Waals surface area contributed by atoms with Gasteiger partial charge in [-0.2, -0.15) is 0 Å². The van der Waals surface area contributed by atoms with Crippen molar-refractivity contribution in [2.45, 2.75) is 19.6 Å². The van der Waals surface area contributed by atoms with Gasteiger partial charge < -0.3 is 20.1 Å². The Bertz CT molecular complexity index is 1780. The highest BCUT2D eigenvalue weighted by atomic mass is 33.1. The van der Waals surface area contributed by atoms with Crippen LogP contribution in [0.5, 0.6) is 11.5 Å². The Kier molecular flexibility index (Phi) is 10.2. The summed E-state index contributed by atoms with van der Waals surface area (Å²) in [5.74, 6) is -1.52. The topological polar surface area (TPSA) is 197 Å². The lowest BCUT2D eigenvalue weighted by atomic mass is 10.2.